The Balaban J connectivity index is 2.09. The van der Waals surface area contributed by atoms with E-state index in [0.717, 1.165) is 5.69 Å². The van der Waals surface area contributed by atoms with Gasteiger partial charge < -0.3 is 5.32 Å². The minimum atomic E-state index is -0.369. The summed E-state index contributed by atoms with van der Waals surface area (Å²) < 4.78 is 0. The quantitative estimate of drug-likeness (QED) is 0.591. The SMILES string of the molecule is O=[N+]([O-])c1cccc(NC2CCC2)c1. The number of nitrogens with zero attached hydrogens (tertiary/aromatic N) is 1. The third kappa shape index (κ3) is 1.84. The standard InChI is InChI=1S/C10H12N2O2/c13-12(14)10-6-2-5-9(7-10)11-8-3-1-4-8/h2,5-8,11H,1,3-4H2. The fraction of sp³-hybridized carbons (Fsp3) is 0.400. The van der Waals surface area contributed by atoms with E-state index in [1.54, 1.807) is 12.1 Å². The van der Waals surface area contributed by atoms with Gasteiger partial charge in [0.1, 0.15) is 0 Å². The van der Waals surface area contributed by atoms with E-state index in [1.807, 2.05) is 6.07 Å². The fourth-order valence-electron chi connectivity index (χ4n) is 1.50. The second kappa shape index (κ2) is 3.65. The molecule has 74 valence electrons. The number of hydrogen-bond acceptors (Lipinski definition) is 3. The molecular formula is C10H12N2O2. The van der Waals surface area contributed by atoms with Crippen LogP contribution in [0.15, 0.2) is 24.3 Å². The topological polar surface area (TPSA) is 55.2 Å². The van der Waals surface area contributed by atoms with Crippen molar-refractivity contribution in [2.75, 3.05) is 5.32 Å². The lowest BCUT2D eigenvalue weighted by Gasteiger charge is -2.27. The largest absolute Gasteiger partial charge is 0.382 e. The lowest BCUT2D eigenvalue weighted by Crippen LogP contribution is -2.26. The van der Waals surface area contributed by atoms with Gasteiger partial charge in [-0.3, -0.25) is 10.1 Å². The molecule has 1 aliphatic carbocycles. The first-order valence-corrected chi connectivity index (χ1v) is 4.77. The predicted molar refractivity (Wildman–Crippen MR) is 54.4 cm³/mol. The van der Waals surface area contributed by atoms with Crippen LogP contribution in [0.25, 0.3) is 0 Å². The zero-order valence-electron chi connectivity index (χ0n) is 7.77. The van der Waals surface area contributed by atoms with Crippen molar-refractivity contribution in [2.45, 2.75) is 25.3 Å². The van der Waals surface area contributed by atoms with Gasteiger partial charge in [0, 0.05) is 23.9 Å². The zero-order valence-corrected chi connectivity index (χ0v) is 7.77. The van der Waals surface area contributed by atoms with E-state index in [1.165, 1.54) is 25.3 Å². The highest BCUT2D eigenvalue weighted by atomic mass is 16.6. The van der Waals surface area contributed by atoms with Crippen LogP contribution in [0.3, 0.4) is 0 Å². The number of benzene rings is 1. The van der Waals surface area contributed by atoms with Crippen molar-refractivity contribution in [3.63, 3.8) is 0 Å². The van der Waals surface area contributed by atoms with E-state index in [4.69, 9.17) is 0 Å². The molecule has 0 amide bonds. The maximum absolute atomic E-state index is 10.5. The van der Waals surface area contributed by atoms with Crippen LogP contribution in [0.5, 0.6) is 0 Å². The molecule has 1 fully saturated rings. The van der Waals surface area contributed by atoms with Gasteiger partial charge in [-0.15, -0.1) is 0 Å². The summed E-state index contributed by atoms with van der Waals surface area (Å²) in [5.74, 6) is 0. The molecule has 14 heavy (non-hydrogen) atoms. The highest BCUT2D eigenvalue weighted by Crippen LogP contribution is 2.25. The van der Waals surface area contributed by atoms with Crippen molar-refractivity contribution in [1.82, 2.24) is 0 Å². The summed E-state index contributed by atoms with van der Waals surface area (Å²) in [6, 6.07) is 7.17. The van der Waals surface area contributed by atoms with Crippen LogP contribution in [0, 0.1) is 10.1 Å². The van der Waals surface area contributed by atoms with Crippen molar-refractivity contribution in [2.24, 2.45) is 0 Å². The Kier molecular flexibility index (Phi) is 2.35. The first-order chi connectivity index (χ1) is 6.75. The van der Waals surface area contributed by atoms with Crippen LogP contribution in [-0.2, 0) is 0 Å². The summed E-state index contributed by atoms with van der Waals surface area (Å²) in [7, 11) is 0. The van der Waals surface area contributed by atoms with Gasteiger partial charge in [-0.1, -0.05) is 6.07 Å². The summed E-state index contributed by atoms with van der Waals surface area (Å²) in [6.07, 6.45) is 3.60. The van der Waals surface area contributed by atoms with Crippen molar-refractivity contribution < 1.29 is 4.92 Å². The van der Waals surface area contributed by atoms with Crippen molar-refractivity contribution >= 4 is 11.4 Å². The third-order valence-electron chi connectivity index (χ3n) is 2.53. The average molecular weight is 192 g/mol. The predicted octanol–water partition coefficient (Wildman–Crippen LogP) is 2.56. The minimum Gasteiger partial charge on any atom is -0.382 e. The number of rotatable bonds is 3. The number of hydrogen-bond donors (Lipinski definition) is 1. The van der Waals surface area contributed by atoms with Gasteiger partial charge in [0.05, 0.1) is 4.92 Å². The number of nitro groups is 1. The number of non-ortho nitro benzene ring substituents is 1. The molecule has 2 rings (SSSR count). The van der Waals surface area contributed by atoms with Crippen molar-refractivity contribution in [3.05, 3.63) is 34.4 Å². The normalized spacial score (nSPS) is 16.0. The fourth-order valence-corrected chi connectivity index (χ4v) is 1.50. The number of nitrogens with one attached hydrogen (secondary N) is 1. The first-order valence-electron chi connectivity index (χ1n) is 4.77. The third-order valence-corrected chi connectivity index (χ3v) is 2.53. The van der Waals surface area contributed by atoms with Gasteiger partial charge in [-0.05, 0) is 25.3 Å². The minimum absolute atomic E-state index is 0.148. The van der Waals surface area contributed by atoms with Crippen molar-refractivity contribution in [3.8, 4) is 0 Å². The van der Waals surface area contributed by atoms with Gasteiger partial charge in [0.15, 0.2) is 0 Å². The van der Waals surface area contributed by atoms with Gasteiger partial charge >= 0.3 is 0 Å². The van der Waals surface area contributed by atoms with E-state index in [2.05, 4.69) is 5.32 Å². The Morgan fingerprint density at radius 1 is 1.43 bits per heavy atom. The molecule has 0 radical (unpaired) electrons. The van der Waals surface area contributed by atoms with Crippen molar-refractivity contribution in [1.29, 1.82) is 0 Å². The molecule has 0 saturated heterocycles. The van der Waals surface area contributed by atoms with Crippen LogP contribution in [0.2, 0.25) is 0 Å². The molecule has 4 heteroatoms. The molecule has 0 aliphatic heterocycles. The molecule has 1 N–H and O–H groups in total. The molecule has 0 heterocycles. The highest BCUT2D eigenvalue weighted by Gasteiger charge is 2.17. The maximum atomic E-state index is 10.5. The van der Waals surface area contributed by atoms with Crippen LogP contribution in [0.1, 0.15) is 19.3 Å². The molecule has 1 aromatic rings. The van der Waals surface area contributed by atoms with Gasteiger partial charge in [-0.25, -0.2) is 0 Å². The Bertz CT molecular complexity index is 348. The Labute approximate surface area is 82.1 Å². The molecule has 0 unspecified atom stereocenters. The first kappa shape index (κ1) is 8.99. The number of nitro benzene ring substituents is 1. The van der Waals surface area contributed by atoms with Crippen LogP contribution < -0.4 is 5.32 Å². The van der Waals surface area contributed by atoms with Gasteiger partial charge in [0.2, 0.25) is 0 Å². The van der Waals surface area contributed by atoms with E-state index < -0.39 is 0 Å². The summed E-state index contributed by atoms with van der Waals surface area (Å²) in [4.78, 5) is 10.1. The van der Waals surface area contributed by atoms with Crippen LogP contribution >= 0.6 is 0 Å². The lowest BCUT2D eigenvalue weighted by atomic mass is 9.93. The van der Waals surface area contributed by atoms with E-state index >= 15 is 0 Å². The Hall–Kier alpha value is -1.58. The highest BCUT2D eigenvalue weighted by molar-refractivity contribution is 5.51. The molecule has 1 aliphatic rings. The van der Waals surface area contributed by atoms with E-state index in [0.29, 0.717) is 6.04 Å². The monoisotopic (exact) mass is 192 g/mol. The lowest BCUT2D eigenvalue weighted by molar-refractivity contribution is -0.384. The molecular weight excluding hydrogens is 180 g/mol. The van der Waals surface area contributed by atoms with E-state index in [9.17, 15) is 10.1 Å². The van der Waals surface area contributed by atoms with Crippen LogP contribution in [-0.4, -0.2) is 11.0 Å². The average Bonchev–Trinajstić information content (AvgIpc) is 2.12. The molecule has 4 nitrogen and oxygen atoms in total. The van der Waals surface area contributed by atoms with Gasteiger partial charge in [-0.2, -0.15) is 0 Å². The molecule has 0 atom stereocenters. The Morgan fingerprint density at radius 3 is 2.79 bits per heavy atom. The second-order valence-electron chi connectivity index (χ2n) is 3.58. The number of anilines is 1. The van der Waals surface area contributed by atoms with E-state index in [-0.39, 0.29) is 10.6 Å². The molecule has 0 aromatic heterocycles. The summed E-state index contributed by atoms with van der Waals surface area (Å²) in [6.45, 7) is 0. The summed E-state index contributed by atoms with van der Waals surface area (Å²) >= 11 is 0. The zero-order chi connectivity index (χ0) is 9.97. The smallest absolute Gasteiger partial charge is 0.271 e. The molecule has 1 saturated carbocycles. The molecule has 0 spiro atoms. The second-order valence-corrected chi connectivity index (χ2v) is 3.58. The molecule has 1 aromatic carbocycles. The van der Waals surface area contributed by atoms with Gasteiger partial charge in [0.25, 0.3) is 5.69 Å². The summed E-state index contributed by atoms with van der Waals surface area (Å²) in [5, 5.41) is 13.8. The Morgan fingerprint density at radius 2 is 2.21 bits per heavy atom. The summed E-state index contributed by atoms with van der Waals surface area (Å²) in [5.41, 5.74) is 0.998. The maximum Gasteiger partial charge on any atom is 0.271 e. The van der Waals surface area contributed by atoms with Crippen LogP contribution in [0.4, 0.5) is 11.4 Å². The molecule has 0 bridgehead atoms.